The normalized spacial score (nSPS) is 16.6. The van der Waals surface area contributed by atoms with Crippen LogP contribution in [0.5, 0.6) is 11.5 Å². The number of methoxy groups -OCH3 is 1. The molecule has 1 atom stereocenters. The van der Waals surface area contributed by atoms with E-state index in [-0.39, 0.29) is 0 Å². The molecule has 0 aliphatic carbocycles. The summed E-state index contributed by atoms with van der Waals surface area (Å²) in [6, 6.07) is 20.4. The lowest BCUT2D eigenvalue weighted by Gasteiger charge is -2.17. The zero-order chi connectivity index (χ0) is 21.0. The standard InChI is InChI=1S/C25H26N4O2/c1-30-24-9-2-3-10-25(24)31-17-20-14-23(28-27-20)19-11-13-29(16-19)15-18-6-4-8-22-21(18)7-5-12-26-22/h2-10,12,14,19H,11,13,15-17H2,1H3,(H,27,28)/t19-/m1/s1. The highest BCUT2D eigenvalue weighted by Crippen LogP contribution is 2.30. The van der Waals surface area contributed by atoms with Crippen LogP contribution in [-0.4, -0.2) is 40.3 Å². The summed E-state index contributed by atoms with van der Waals surface area (Å²) in [7, 11) is 1.65. The lowest BCUT2D eigenvalue weighted by atomic mass is 10.0. The Kier molecular flexibility index (Phi) is 5.54. The number of rotatable bonds is 7. The molecular weight excluding hydrogens is 388 g/mol. The van der Waals surface area contributed by atoms with Crippen LogP contribution in [0, 0.1) is 0 Å². The van der Waals surface area contributed by atoms with Gasteiger partial charge in [-0.25, -0.2) is 0 Å². The van der Waals surface area contributed by atoms with Crippen molar-refractivity contribution < 1.29 is 9.47 Å². The van der Waals surface area contributed by atoms with Gasteiger partial charge in [-0.05, 0) is 48.9 Å². The number of nitrogens with zero attached hydrogens (tertiary/aromatic N) is 3. The Morgan fingerprint density at radius 2 is 1.97 bits per heavy atom. The average Bonchev–Trinajstić information content (AvgIpc) is 3.48. The van der Waals surface area contributed by atoms with Crippen LogP contribution in [-0.2, 0) is 13.2 Å². The molecule has 5 rings (SSSR count). The minimum Gasteiger partial charge on any atom is -0.493 e. The molecule has 1 N–H and O–H groups in total. The predicted octanol–water partition coefficient (Wildman–Crippen LogP) is 4.54. The van der Waals surface area contributed by atoms with Crippen molar-refractivity contribution in [3.63, 3.8) is 0 Å². The molecule has 6 nitrogen and oxygen atoms in total. The first-order chi connectivity index (χ1) is 15.3. The maximum atomic E-state index is 5.92. The summed E-state index contributed by atoms with van der Waals surface area (Å²) in [5.74, 6) is 1.90. The number of pyridine rings is 1. The van der Waals surface area contributed by atoms with Crippen molar-refractivity contribution in [3.8, 4) is 11.5 Å². The van der Waals surface area contributed by atoms with Crippen molar-refractivity contribution >= 4 is 10.9 Å². The molecule has 0 spiro atoms. The van der Waals surface area contributed by atoms with Gasteiger partial charge in [-0.15, -0.1) is 0 Å². The highest BCUT2D eigenvalue weighted by Gasteiger charge is 2.26. The van der Waals surface area contributed by atoms with Gasteiger partial charge in [0.25, 0.3) is 0 Å². The van der Waals surface area contributed by atoms with Crippen molar-refractivity contribution in [2.75, 3.05) is 20.2 Å². The number of para-hydroxylation sites is 2. The van der Waals surface area contributed by atoms with E-state index >= 15 is 0 Å². The molecule has 1 fully saturated rings. The summed E-state index contributed by atoms with van der Waals surface area (Å²) in [6.07, 6.45) is 2.96. The van der Waals surface area contributed by atoms with Crippen molar-refractivity contribution in [1.29, 1.82) is 0 Å². The van der Waals surface area contributed by atoms with Gasteiger partial charge < -0.3 is 9.47 Å². The average molecular weight is 415 g/mol. The summed E-state index contributed by atoms with van der Waals surface area (Å²) in [5.41, 5.74) is 4.47. The molecule has 0 amide bonds. The molecule has 2 aromatic heterocycles. The van der Waals surface area contributed by atoms with Gasteiger partial charge in [0.2, 0.25) is 0 Å². The molecule has 1 aliphatic rings. The Bertz CT molecular complexity index is 1170. The predicted molar refractivity (Wildman–Crippen MR) is 120 cm³/mol. The molecule has 1 saturated heterocycles. The number of hydrogen-bond acceptors (Lipinski definition) is 5. The number of fused-ring (bicyclic) bond motifs is 1. The number of aromatic nitrogens is 3. The third-order valence-electron chi connectivity index (χ3n) is 5.92. The highest BCUT2D eigenvalue weighted by molar-refractivity contribution is 5.81. The van der Waals surface area contributed by atoms with Gasteiger partial charge in [0.1, 0.15) is 6.61 Å². The first kappa shape index (κ1) is 19.6. The lowest BCUT2D eigenvalue weighted by molar-refractivity contribution is 0.280. The summed E-state index contributed by atoms with van der Waals surface area (Å²) >= 11 is 0. The Morgan fingerprint density at radius 1 is 1.06 bits per heavy atom. The van der Waals surface area contributed by atoms with Gasteiger partial charge in [-0.1, -0.05) is 30.3 Å². The second-order valence-corrected chi connectivity index (χ2v) is 7.97. The fourth-order valence-corrected chi connectivity index (χ4v) is 4.32. The fraction of sp³-hybridized carbons (Fsp3) is 0.280. The zero-order valence-electron chi connectivity index (χ0n) is 17.6. The van der Waals surface area contributed by atoms with Gasteiger partial charge in [-0.2, -0.15) is 5.10 Å². The van der Waals surface area contributed by atoms with E-state index in [9.17, 15) is 0 Å². The van der Waals surface area contributed by atoms with Crippen molar-refractivity contribution in [1.82, 2.24) is 20.1 Å². The van der Waals surface area contributed by atoms with Crippen molar-refractivity contribution in [2.24, 2.45) is 0 Å². The smallest absolute Gasteiger partial charge is 0.161 e. The lowest BCUT2D eigenvalue weighted by Crippen LogP contribution is -2.20. The monoisotopic (exact) mass is 414 g/mol. The van der Waals surface area contributed by atoms with E-state index in [1.54, 1.807) is 7.11 Å². The van der Waals surface area contributed by atoms with E-state index in [0.29, 0.717) is 12.5 Å². The molecule has 158 valence electrons. The van der Waals surface area contributed by atoms with Gasteiger partial charge in [0.05, 0.1) is 24.0 Å². The van der Waals surface area contributed by atoms with E-state index in [1.807, 2.05) is 36.5 Å². The summed E-state index contributed by atoms with van der Waals surface area (Å²) in [5, 5.41) is 8.95. The summed E-state index contributed by atoms with van der Waals surface area (Å²) in [4.78, 5) is 6.99. The third-order valence-corrected chi connectivity index (χ3v) is 5.92. The molecule has 31 heavy (non-hydrogen) atoms. The van der Waals surface area contributed by atoms with E-state index in [2.05, 4.69) is 50.4 Å². The Balaban J connectivity index is 1.21. The number of likely N-dealkylation sites (tertiary alicyclic amines) is 1. The van der Waals surface area contributed by atoms with Crippen LogP contribution in [0.1, 0.15) is 29.3 Å². The minimum absolute atomic E-state index is 0.435. The number of aromatic amines is 1. The van der Waals surface area contributed by atoms with Gasteiger partial charge >= 0.3 is 0 Å². The van der Waals surface area contributed by atoms with Crippen LogP contribution in [0.2, 0.25) is 0 Å². The zero-order valence-corrected chi connectivity index (χ0v) is 17.6. The highest BCUT2D eigenvalue weighted by atomic mass is 16.5. The Morgan fingerprint density at radius 3 is 2.87 bits per heavy atom. The number of hydrogen-bond donors (Lipinski definition) is 1. The number of benzene rings is 2. The fourth-order valence-electron chi connectivity index (χ4n) is 4.32. The molecule has 0 saturated carbocycles. The molecule has 0 radical (unpaired) electrons. The molecule has 2 aromatic carbocycles. The van der Waals surface area contributed by atoms with Crippen LogP contribution >= 0.6 is 0 Å². The molecular formula is C25H26N4O2. The largest absolute Gasteiger partial charge is 0.493 e. The van der Waals surface area contributed by atoms with Crippen LogP contribution in [0.4, 0.5) is 0 Å². The van der Waals surface area contributed by atoms with Crippen LogP contribution in [0.3, 0.4) is 0 Å². The van der Waals surface area contributed by atoms with E-state index in [4.69, 9.17) is 9.47 Å². The maximum Gasteiger partial charge on any atom is 0.161 e. The van der Waals surface area contributed by atoms with E-state index < -0.39 is 0 Å². The van der Waals surface area contributed by atoms with E-state index in [1.165, 1.54) is 10.9 Å². The Hall–Kier alpha value is -3.38. The van der Waals surface area contributed by atoms with E-state index in [0.717, 1.165) is 54.5 Å². The molecule has 6 heteroatoms. The van der Waals surface area contributed by atoms with Crippen molar-refractivity contribution in [2.45, 2.75) is 25.5 Å². The van der Waals surface area contributed by atoms with Gasteiger partial charge in [-0.3, -0.25) is 15.0 Å². The quantitative estimate of drug-likeness (QED) is 0.481. The SMILES string of the molecule is COc1ccccc1OCc1cc([C@@H]2CCN(Cc3cccc4ncccc34)C2)n[nH]1. The molecule has 0 unspecified atom stereocenters. The topological polar surface area (TPSA) is 63.3 Å². The summed E-state index contributed by atoms with van der Waals surface area (Å²) in [6.45, 7) is 3.45. The van der Waals surface area contributed by atoms with Gasteiger partial charge in [0.15, 0.2) is 11.5 Å². The van der Waals surface area contributed by atoms with Crippen LogP contribution in [0.15, 0.2) is 66.9 Å². The Labute approximate surface area is 181 Å². The molecule has 4 aromatic rings. The van der Waals surface area contributed by atoms with Gasteiger partial charge in [0, 0.05) is 30.6 Å². The number of H-pyrrole nitrogens is 1. The van der Waals surface area contributed by atoms with Crippen LogP contribution < -0.4 is 9.47 Å². The second kappa shape index (κ2) is 8.78. The molecule has 0 bridgehead atoms. The second-order valence-electron chi connectivity index (χ2n) is 7.97. The number of nitrogens with one attached hydrogen (secondary N) is 1. The third kappa shape index (κ3) is 4.25. The molecule has 3 heterocycles. The van der Waals surface area contributed by atoms with Crippen molar-refractivity contribution in [3.05, 3.63) is 83.8 Å². The first-order valence-corrected chi connectivity index (χ1v) is 10.6. The minimum atomic E-state index is 0.435. The molecule has 1 aliphatic heterocycles. The first-order valence-electron chi connectivity index (χ1n) is 10.6. The summed E-state index contributed by atoms with van der Waals surface area (Å²) < 4.78 is 11.3. The van der Waals surface area contributed by atoms with Crippen LogP contribution in [0.25, 0.3) is 10.9 Å². The maximum absolute atomic E-state index is 5.92. The number of ether oxygens (including phenoxy) is 2.